The van der Waals surface area contributed by atoms with Gasteiger partial charge in [-0.25, -0.2) is 19.3 Å². The Hall–Kier alpha value is -4.07. The van der Waals surface area contributed by atoms with Crippen LogP contribution in [-0.4, -0.2) is 24.3 Å². The highest BCUT2D eigenvalue weighted by Gasteiger charge is 2.20. The first kappa shape index (κ1) is 18.9. The summed E-state index contributed by atoms with van der Waals surface area (Å²) in [5.74, 6) is 0.141. The number of H-pyrrole nitrogens is 1. The molecule has 0 fully saturated rings. The maximum absolute atomic E-state index is 14.2. The normalized spacial score (nSPS) is 12.4. The molecule has 2 N–H and O–H groups in total. The Morgan fingerprint density at radius 2 is 1.90 bits per heavy atom. The van der Waals surface area contributed by atoms with Gasteiger partial charge in [0, 0.05) is 5.52 Å². The first-order valence-corrected chi connectivity index (χ1v) is 9.85. The average molecular weight is 414 g/mol. The molecule has 0 aliphatic rings. The lowest BCUT2D eigenvalue weighted by atomic mass is 9.96. The van der Waals surface area contributed by atoms with E-state index in [1.54, 1.807) is 19.3 Å². The number of imidazole rings is 1. The second-order valence-corrected chi connectivity index (χ2v) is 7.36. The molecule has 0 amide bonds. The fourth-order valence-corrected chi connectivity index (χ4v) is 3.89. The minimum atomic E-state index is -0.422. The van der Waals surface area contributed by atoms with Gasteiger partial charge in [0.2, 0.25) is 0 Å². The van der Waals surface area contributed by atoms with Crippen LogP contribution in [0, 0.1) is 12.7 Å². The van der Waals surface area contributed by atoms with Crippen molar-refractivity contribution in [2.45, 2.75) is 19.9 Å². The SMILES string of the molecule is Cc1c(F)ccc2cc(C(C)Nc3ncnc4[nH]cnc34)c(-c3ccccc3)c(=O)n12. The molecule has 4 aromatic heterocycles. The van der Waals surface area contributed by atoms with Crippen LogP contribution in [0.15, 0.2) is 66.0 Å². The quantitative estimate of drug-likeness (QED) is 0.459. The molecule has 8 heteroatoms. The number of aromatic amines is 1. The Balaban J connectivity index is 1.73. The molecule has 7 nitrogen and oxygen atoms in total. The van der Waals surface area contributed by atoms with Crippen molar-refractivity contribution in [2.75, 3.05) is 5.32 Å². The molecule has 0 aliphatic heterocycles. The first-order valence-electron chi connectivity index (χ1n) is 9.85. The van der Waals surface area contributed by atoms with E-state index in [0.717, 1.165) is 11.1 Å². The summed E-state index contributed by atoms with van der Waals surface area (Å²) in [5, 5.41) is 3.36. The van der Waals surface area contributed by atoms with Crippen LogP contribution >= 0.6 is 0 Å². The zero-order valence-electron chi connectivity index (χ0n) is 16.9. The summed E-state index contributed by atoms with van der Waals surface area (Å²) in [5.41, 5.74) is 3.94. The predicted molar refractivity (Wildman–Crippen MR) is 118 cm³/mol. The number of fused-ring (bicyclic) bond motifs is 2. The molecule has 154 valence electrons. The van der Waals surface area contributed by atoms with E-state index in [4.69, 9.17) is 0 Å². The van der Waals surface area contributed by atoms with Gasteiger partial charge in [0.05, 0.1) is 23.6 Å². The third kappa shape index (κ3) is 3.13. The van der Waals surface area contributed by atoms with E-state index >= 15 is 0 Å². The van der Waals surface area contributed by atoms with Gasteiger partial charge in [0.1, 0.15) is 17.7 Å². The summed E-state index contributed by atoms with van der Waals surface area (Å²) in [6.45, 7) is 3.56. The largest absolute Gasteiger partial charge is 0.362 e. The summed E-state index contributed by atoms with van der Waals surface area (Å²) >= 11 is 0. The van der Waals surface area contributed by atoms with Crippen LogP contribution in [0.1, 0.15) is 24.2 Å². The number of anilines is 1. The van der Waals surface area contributed by atoms with Crippen LogP contribution in [0.2, 0.25) is 0 Å². The third-order valence-electron chi connectivity index (χ3n) is 5.45. The van der Waals surface area contributed by atoms with E-state index < -0.39 is 5.82 Å². The Kier molecular flexibility index (Phi) is 4.47. The van der Waals surface area contributed by atoms with E-state index in [9.17, 15) is 9.18 Å². The maximum Gasteiger partial charge on any atom is 0.263 e. The van der Waals surface area contributed by atoms with Crippen LogP contribution in [0.3, 0.4) is 0 Å². The summed E-state index contributed by atoms with van der Waals surface area (Å²) < 4.78 is 15.7. The molecular formula is C23H19FN6O. The van der Waals surface area contributed by atoms with Crippen molar-refractivity contribution in [3.05, 3.63) is 88.6 Å². The van der Waals surface area contributed by atoms with Gasteiger partial charge >= 0.3 is 0 Å². The van der Waals surface area contributed by atoms with E-state index in [2.05, 4.69) is 25.3 Å². The van der Waals surface area contributed by atoms with Crippen molar-refractivity contribution in [1.29, 1.82) is 0 Å². The minimum Gasteiger partial charge on any atom is -0.362 e. The summed E-state index contributed by atoms with van der Waals surface area (Å²) in [4.78, 5) is 29.3. The van der Waals surface area contributed by atoms with Crippen molar-refractivity contribution in [2.24, 2.45) is 0 Å². The number of halogens is 1. The van der Waals surface area contributed by atoms with Gasteiger partial charge in [-0.2, -0.15) is 0 Å². The Morgan fingerprint density at radius 3 is 2.71 bits per heavy atom. The number of rotatable bonds is 4. The number of hydrogen-bond acceptors (Lipinski definition) is 5. The highest BCUT2D eigenvalue weighted by Crippen LogP contribution is 2.30. The molecule has 1 unspecified atom stereocenters. The van der Waals surface area contributed by atoms with E-state index in [1.165, 1.54) is 16.8 Å². The molecule has 5 rings (SSSR count). The monoisotopic (exact) mass is 414 g/mol. The van der Waals surface area contributed by atoms with Gasteiger partial charge < -0.3 is 10.3 Å². The number of pyridine rings is 2. The van der Waals surface area contributed by atoms with Crippen LogP contribution in [0.25, 0.3) is 27.8 Å². The van der Waals surface area contributed by atoms with Gasteiger partial charge in [-0.05, 0) is 43.2 Å². The molecule has 0 radical (unpaired) electrons. The molecule has 1 aromatic carbocycles. The predicted octanol–water partition coefficient (Wildman–Crippen LogP) is 4.25. The van der Waals surface area contributed by atoms with Gasteiger partial charge in [-0.15, -0.1) is 0 Å². The molecule has 0 aliphatic carbocycles. The molecule has 1 atom stereocenters. The zero-order chi connectivity index (χ0) is 21.5. The number of benzene rings is 1. The lowest BCUT2D eigenvalue weighted by Gasteiger charge is -2.20. The fourth-order valence-electron chi connectivity index (χ4n) is 3.89. The van der Waals surface area contributed by atoms with Crippen molar-refractivity contribution in [3.8, 4) is 11.1 Å². The Bertz CT molecular complexity index is 1470. The number of aryl methyl sites for hydroxylation is 1. The molecule has 31 heavy (non-hydrogen) atoms. The average Bonchev–Trinajstić information content (AvgIpc) is 3.26. The summed E-state index contributed by atoms with van der Waals surface area (Å²) in [6, 6.07) is 14.0. The lowest BCUT2D eigenvalue weighted by molar-refractivity contribution is 0.605. The maximum atomic E-state index is 14.2. The van der Waals surface area contributed by atoms with Crippen LogP contribution in [0.5, 0.6) is 0 Å². The molecular weight excluding hydrogens is 395 g/mol. The van der Waals surface area contributed by atoms with E-state index in [0.29, 0.717) is 28.1 Å². The molecule has 4 heterocycles. The molecule has 0 saturated heterocycles. The lowest BCUT2D eigenvalue weighted by Crippen LogP contribution is -2.23. The van der Waals surface area contributed by atoms with Crippen LogP contribution in [-0.2, 0) is 0 Å². The number of aromatic nitrogens is 5. The van der Waals surface area contributed by atoms with Crippen LogP contribution < -0.4 is 10.9 Å². The van der Waals surface area contributed by atoms with Crippen molar-refractivity contribution in [3.63, 3.8) is 0 Å². The van der Waals surface area contributed by atoms with Crippen molar-refractivity contribution >= 4 is 22.5 Å². The third-order valence-corrected chi connectivity index (χ3v) is 5.45. The van der Waals surface area contributed by atoms with Crippen molar-refractivity contribution in [1.82, 2.24) is 24.3 Å². The number of hydrogen-bond donors (Lipinski definition) is 2. The van der Waals surface area contributed by atoms with Gasteiger partial charge in [-0.3, -0.25) is 9.20 Å². The van der Waals surface area contributed by atoms with Gasteiger partial charge in [-0.1, -0.05) is 30.3 Å². The zero-order valence-corrected chi connectivity index (χ0v) is 16.9. The molecule has 0 spiro atoms. The summed E-state index contributed by atoms with van der Waals surface area (Å²) in [6.07, 6.45) is 3.01. The Morgan fingerprint density at radius 1 is 1.10 bits per heavy atom. The number of nitrogens with zero attached hydrogens (tertiary/aromatic N) is 4. The van der Waals surface area contributed by atoms with Gasteiger partial charge in [0.25, 0.3) is 5.56 Å². The van der Waals surface area contributed by atoms with Crippen LogP contribution in [0.4, 0.5) is 10.2 Å². The standard InChI is InChI=1S/C23H19FN6O/c1-13(29-22-20-21(26-11-25-20)27-12-28-22)17-10-16-8-9-18(24)14(2)30(16)23(31)19(17)15-6-4-3-5-7-15/h3-13H,1-2H3,(H2,25,26,27,28,29). The fraction of sp³-hybridized carbons (Fsp3) is 0.130. The van der Waals surface area contributed by atoms with Gasteiger partial charge in [0.15, 0.2) is 11.5 Å². The Labute approximate surface area is 176 Å². The molecule has 0 bridgehead atoms. The molecule has 5 aromatic rings. The first-order chi connectivity index (χ1) is 15.0. The van der Waals surface area contributed by atoms with Crippen molar-refractivity contribution < 1.29 is 4.39 Å². The summed E-state index contributed by atoms with van der Waals surface area (Å²) in [7, 11) is 0. The topological polar surface area (TPSA) is 88.0 Å². The smallest absolute Gasteiger partial charge is 0.263 e. The van der Waals surface area contributed by atoms with E-state index in [1.807, 2.05) is 43.3 Å². The minimum absolute atomic E-state index is 0.267. The second kappa shape index (κ2) is 7.32. The molecule has 0 saturated carbocycles. The highest BCUT2D eigenvalue weighted by molar-refractivity contribution is 5.82. The number of nitrogens with one attached hydrogen (secondary N) is 2. The van der Waals surface area contributed by atoms with E-state index in [-0.39, 0.29) is 17.3 Å². The highest BCUT2D eigenvalue weighted by atomic mass is 19.1. The second-order valence-electron chi connectivity index (χ2n) is 7.36.